The van der Waals surface area contributed by atoms with E-state index in [0.29, 0.717) is 0 Å². The quantitative estimate of drug-likeness (QED) is 0.666. The van der Waals surface area contributed by atoms with Gasteiger partial charge in [-0.15, -0.1) is 16.1 Å². The lowest BCUT2D eigenvalue weighted by Crippen LogP contribution is -2.43. The Kier molecular flexibility index (Phi) is 4.64. The standard InChI is InChI=1S/C9H15BrN2OS2/c1-9(2,3)15(13)12-8(11)6-4-5-7(10)14-6/h4-5,8,12H,11H2,1-3H3/t8-,15?/m0/s1. The molecule has 0 saturated heterocycles. The summed E-state index contributed by atoms with van der Waals surface area (Å²) in [6.07, 6.45) is -0.374. The second-order valence-corrected chi connectivity index (χ2v) is 8.61. The summed E-state index contributed by atoms with van der Waals surface area (Å²) in [6, 6.07) is 3.85. The van der Waals surface area contributed by atoms with Gasteiger partial charge in [-0.3, -0.25) is 0 Å². The van der Waals surface area contributed by atoms with Gasteiger partial charge in [-0.2, -0.15) is 0 Å². The molecule has 0 radical (unpaired) electrons. The van der Waals surface area contributed by atoms with Crippen LogP contribution in [0.5, 0.6) is 0 Å². The molecule has 0 aliphatic carbocycles. The Morgan fingerprint density at radius 2 is 2.13 bits per heavy atom. The third kappa shape index (κ3) is 4.05. The summed E-state index contributed by atoms with van der Waals surface area (Å²) >= 11 is 3.77. The van der Waals surface area contributed by atoms with E-state index < -0.39 is 11.4 Å². The summed E-state index contributed by atoms with van der Waals surface area (Å²) in [5, 5.41) is 0. The van der Waals surface area contributed by atoms with Crippen molar-refractivity contribution in [3.05, 3.63) is 20.8 Å². The largest absolute Gasteiger partial charge is 0.598 e. The summed E-state index contributed by atoms with van der Waals surface area (Å²) in [4.78, 5) is 0.972. The van der Waals surface area contributed by atoms with Gasteiger partial charge in [0.25, 0.3) is 0 Å². The van der Waals surface area contributed by atoms with E-state index >= 15 is 0 Å². The van der Waals surface area contributed by atoms with Crippen molar-refractivity contribution in [2.24, 2.45) is 5.73 Å². The third-order valence-corrected chi connectivity index (χ3v) is 4.98. The minimum Gasteiger partial charge on any atom is -0.598 e. The Bertz CT molecular complexity index is 324. The maximum atomic E-state index is 11.8. The molecule has 15 heavy (non-hydrogen) atoms. The van der Waals surface area contributed by atoms with Crippen LogP contribution in [0.2, 0.25) is 0 Å². The van der Waals surface area contributed by atoms with E-state index in [4.69, 9.17) is 5.73 Å². The van der Waals surface area contributed by atoms with Gasteiger partial charge in [0.15, 0.2) is 0 Å². The van der Waals surface area contributed by atoms with Gasteiger partial charge in [-0.1, -0.05) is 0 Å². The highest BCUT2D eigenvalue weighted by Gasteiger charge is 2.28. The summed E-state index contributed by atoms with van der Waals surface area (Å²) < 4.78 is 15.4. The predicted octanol–water partition coefficient (Wildman–Crippen LogP) is 2.52. The van der Waals surface area contributed by atoms with Crippen LogP contribution in [-0.2, 0) is 11.4 Å². The Balaban J connectivity index is 2.60. The van der Waals surface area contributed by atoms with Gasteiger partial charge in [0.1, 0.15) is 10.9 Å². The second-order valence-electron chi connectivity index (χ2n) is 4.12. The van der Waals surface area contributed by atoms with Gasteiger partial charge in [0.2, 0.25) is 0 Å². The van der Waals surface area contributed by atoms with E-state index in [1.54, 1.807) is 11.3 Å². The van der Waals surface area contributed by atoms with Crippen LogP contribution < -0.4 is 10.5 Å². The van der Waals surface area contributed by atoms with Gasteiger partial charge in [-0.25, -0.2) is 0 Å². The van der Waals surface area contributed by atoms with Crippen molar-refractivity contribution in [1.29, 1.82) is 0 Å². The van der Waals surface area contributed by atoms with Crippen molar-refractivity contribution in [3.8, 4) is 0 Å². The lowest BCUT2D eigenvalue weighted by atomic mass is 10.3. The zero-order chi connectivity index (χ0) is 11.6. The smallest absolute Gasteiger partial charge is 0.137 e. The molecule has 0 spiro atoms. The molecule has 3 nitrogen and oxygen atoms in total. The van der Waals surface area contributed by atoms with Crippen LogP contribution in [0.25, 0.3) is 0 Å². The molecular weight excluding hydrogens is 296 g/mol. The van der Waals surface area contributed by atoms with Crippen molar-refractivity contribution in [2.75, 3.05) is 0 Å². The molecular formula is C9H15BrN2OS2. The van der Waals surface area contributed by atoms with Crippen LogP contribution in [0.3, 0.4) is 0 Å². The molecule has 2 atom stereocenters. The predicted molar refractivity (Wildman–Crippen MR) is 70.0 cm³/mol. The molecule has 0 saturated carbocycles. The summed E-state index contributed by atoms with van der Waals surface area (Å²) in [6.45, 7) is 5.73. The monoisotopic (exact) mass is 310 g/mol. The first-order chi connectivity index (χ1) is 6.80. The van der Waals surface area contributed by atoms with Gasteiger partial charge in [-0.05, 0) is 48.8 Å². The molecule has 1 unspecified atom stereocenters. The Labute approximate surface area is 106 Å². The highest BCUT2D eigenvalue weighted by atomic mass is 79.9. The van der Waals surface area contributed by atoms with Gasteiger partial charge in [0.05, 0.1) is 3.79 Å². The Hall–Kier alpha value is 0.410. The molecule has 0 aromatic carbocycles. The minimum absolute atomic E-state index is 0.299. The molecule has 0 aliphatic heterocycles. The molecule has 3 N–H and O–H groups in total. The van der Waals surface area contributed by atoms with E-state index in [0.717, 1.165) is 8.66 Å². The van der Waals surface area contributed by atoms with Gasteiger partial charge >= 0.3 is 0 Å². The minimum atomic E-state index is -1.14. The maximum absolute atomic E-state index is 11.8. The van der Waals surface area contributed by atoms with Crippen molar-refractivity contribution < 1.29 is 4.55 Å². The molecule has 1 aromatic rings. The Morgan fingerprint density at radius 1 is 1.53 bits per heavy atom. The number of halogens is 1. The molecule has 1 aromatic heterocycles. The number of rotatable bonds is 3. The molecule has 6 heteroatoms. The van der Waals surface area contributed by atoms with Gasteiger partial charge < -0.3 is 10.3 Å². The fourth-order valence-corrected chi connectivity index (χ4v) is 3.01. The van der Waals surface area contributed by atoms with E-state index in [1.807, 2.05) is 32.9 Å². The maximum Gasteiger partial charge on any atom is 0.137 e. The molecule has 0 aliphatic rings. The van der Waals surface area contributed by atoms with Crippen molar-refractivity contribution in [3.63, 3.8) is 0 Å². The van der Waals surface area contributed by atoms with Crippen LogP contribution in [0, 0.1) is 0 Å². The summed E-state index contributed by atoms with van der Waals surface area (Å²) in [5.41, 5.74) is 5.89. The van der Waals surface area contributed by atoms with Crippen LogP contribution in [-0.4, -0.2) is 9.30 Å². The lowest BCUT2D eigenvalue weighted by Gasteiger charge is -2.25. The Morgan fingerprint density at radius 3 is 2.53 bits per heavy atom. The first-order valence-electron chi connectivity index (χ1n) is 4.49. The SMILES string of the molecule is CC(C)(C)[S+]([O-])N[C@H](N)c1ccc(Br)s1. The van der Waals surface area contributed by atoms with Crippen molar-refractivity contribution >= 4 is 38.6 Å². The fraction of sp³-hybridized carbons (Fsp3) is 0.556. The highest BCUT2D eigenvalue weighted by Crippen LogP contribution is 2.26. The molecule has 0 bridgehead atoms. The van der Waals surface area contributed by atoms with Crippen LogP contribution in [0.4, 0.5) is 0 Å². The number of hydrogen-bond donors (Lipinski definition) is 2. The normalized spacial score (nSPS) is 16.4. The first kappa shape index (κ1) is 13.5. The number of nitrogens with one attached hydrogen (secondary N) is 1. The number of thiophene rings is 1. The van der Waals surface area contributed by atoms with Gasteiger partial charge in [0, 0.05) is 16.2 Å². The topological polar surface area (TPSA) is 61.1 Å². The molecule has 0 fully saturated rings. The third-order valence-electron chi connectivity index (χ3n) is 1.69. The number of hydrogen-bond acceptors (Lipinski definition) is 4. The van der Waals surface area contributed by atoms with E-state index in [2.05, 4.69) is 20.7 Å². The highest BCUT2D eigenvalue weighted by molar-refractivity contribution is 9.11. The zero-order valence-electron chi connectivity index (χ0n) is 8.91. The first-order valence-corrected chi connectivity index (χ1v) is 7.25. The van der Waals surface area contributed by atoms with E-state index in [9.17, 15) is 4.55 Å². The molecule has 0 amide bonds. The second kappa shape index (κ2) is 5.16. The van der Waals surface area contributed by atoms with Crippen LogP contribution in [0.15, 0.2) is 15.9 Å². The van der Waals surface area contributed by atoms with Crippen molar-refractivity contribution in [2.45, 2.75) is 31.7 Å². The lowest BCUT2D eigenvalue weighted by molar-refractivity contribution is 0.528. The zero-order valence-corrected chi connectivity index (χ0v) is 12.1. The average Bonchev–Trinajstić information content (AvgIpc) is 2.50. The van der Waals surface area contributed by atoms with E-state index in [1.165, 1.54) is 0 Å². The molecule has 1 heterocycles. The fourth-order valence-electron chi connectivity index (χ4n) is 0.846. The van der Waals surface area contributed by atoms with Crippen molar-refractivity contribution in [1.82, 2.24) is 4.72 Å². The van der Waals surface area contributed by atoms with Crippen LogP contribution >= 0.6 is 27.3 Å². The van der Waals surface area contributed by atoms with Crippen LogP contribution in [0.1, 0.15) is 31.8 Å². The van der Waals surface area contributed by atoms with E-state index in [-0.39, 0.29) is 10.9 Å². The molecule has 1 rings (SSSR count). The average molecular weight is 311 g/mol. The summed E-state index contributed by atoms with van der Waals surface area (Å²) in [7, 11) is 0. The molecule has 86 valence electrons. The number of nitrogens with two attached hydrogens (primary N) is 1. The summed E-state index contributed by atoms with van der Waals surface area (Å²) in [5.74, 6) is 0.